The Morgan fingerprint density at radius 1 is 1.23 bits per heavy atom. The van der Waals surface area contributed by atoms with E-state index in [1.807, 2.05) is 0 Å². The number of aryl methyl sites for hydroxylation is 1. The highest BCUT2D eigenvalue weighted by Gasteiger charge is 2.50. The van der Waals surface area contributed by atoms with Gasteiger partial charge >= 0.3 is 23.6 Å². The predicted octanol–water partition coefficient (Wildman–Crippen LogP) is -0.935. The molecular weight excluding hydrogens is 404 g/mol. The Balaban J connectivity index is 1.57. The molecule has 2 aliphatic heterocycles. The monoisotopic (exact) mass is 424 g/mol. The molecule has 1 fully saturated rings. The molecular formula is C18H20N2O10. The molecule has 12 nitrogen and oxygen atoms in total. The van der Waals surface area contributed by atoms with Crippen LogP contribution in [0.25, 0.3) is 0 Å². The highest BCUT2D eigenvalue weighted by molar-refractivity contribution is 5.91. The lowest BCUT2D eigenvalue weighted by Crippen LogP contribution is -2.42. The number of cyclic esters (lactones) is 1. The normalized spacial score (nSPS) is 25.2. The molecule has 0 bridgehead atoms. The number of hydrogen-bond donors (Lipinski definition) is 1. The fourth-order valence-corrected chi connectivity index (χ4v) is 2.98. The van der Waals surface area contributed by atoms with E-state index in [9.17, 15) is 24.0 Å². The lowest BCUT2D eigenvalue weighted by Gasteiger charge is -2.22. The van der Waals surface area contributed by atoms with Gasteiger partial charge in [0, 0.05) is 11.8 Å². The molecule has 3 heterocycles. The van der Waals surface area contributed by atoms with E-state index in [0.29, 0.717) is 5.56 Å². The Morgan fingerprint density at radius 2 is 1.97 bits per heavy atom. The number of aromatic amines is 1. The first-order valence-electron chi connectivity index (χ1n) is 8.93. The van der Waals surface area contributed by atoms with E-state index in [1.54, 1.807) is 19.1 Å². The van der Waals surface area contributed by atoms with Crippen molar-refractivity contribution in [2.45, 2.75) is 37.7 Å². The average Bonchev–Trinajstić information content (AvgIpc) is 3.30. The minimum atomic E-state index is -1.79. The molecule has 1 aromatic heterocycles. The van der Waals surface area contributed by atoms with E-state index in [0.717, 1.165) is 7.11 Å². The third-order valence-corrected chi connectivity index (χ3v) is 4.62. The van der Waals surface area contributed by atoms with Gasteiger partial charge in [-0.25, -0.2) is 9.59 Å². The van der Waals surface area contributed by atoms with Gasteiger partial charge in [0.1, 0.15) is 12.7 Å². The van der Waals surface area contributed by atoms with Crippen LogP contribution >= 0.6 is 0 Å². The summed E-state index contributed by atoms with van der Waals surface area (Å²) in [4.78, 5) is 61.3. The van der Waals surface area contributed by atoms with Crippen molar-refractivity contribution in [2.24, 2.45) is 0 Å². The standard InChI is InChI=1S/C18H20N2O10/c1-10-7-20(17(25)19-15(10)23)12-4-3-11(30-12)8-27-14(22)6-18(5-13(21)26-2)16(24)28-9-29-18/h3-4,7,11-12H,5-6,8-9H2,1-2H3,(H,19,23,25). The minimum Gasteiger partial charge on any atom is -0.469 e. The SMILES string of the molecule is COC(=O)CC1(CC(=O)OCC2C=CC(n3cc(C)c(=O)[nH]c3=O)O2)OCOC1=O. The second-order valence-electron chi connectivity index (χ2n) is 6.73. The Hall–Kier alpha value is -3.25. The van der Waals surface area contributed by atoms with Crippen LogP contribution in [0.15, 0.2) is 27.9 Å². The lowest BCUT2D eigenvalue weighted by atomic mass is 9.96. The van der Waals surface area contributed by atoms with Crippen LogP contribution in [0.3, 0.4) is 0 Å². The summed E-state index contributed by atoms with van der Waals surface area (Å²) in [5.74, 6) is -2.40. The number of aromatic nitrogens is 2. The van der Waals surface area contributed by atoms with Crippen molar-refractivity contribution in [3.8, 4) is 0 Å². The molecule has 0 radical (unpaired) electrons. The summed E-state index contributed by atoms with van der Waals surface area (Å²) in [6, 6.07) is 0. The van der Waals surface area contributed by atoms with Crippen molar-refractivity contribution in [3.05, 3.63) is 44.8 Å². The first kappa shape index (κ1) is 21.5. The summed E-state index contributed by atoms with van der Waals surface area (Å²) in [6.45, 7) is 0.964. The predicted molar refractivity (Wildman–Crippen MR) is 96.1 cm³/mol. The second-order valence-corrected chi connectivity index (χ2v) is 6.73. The van der Waals surface area contributed by atoms with Gasteiger partial charge in [-0.05, 0) is 13.0 Å². The summed E-state index contributed by atoms with van der Waals surface area (Å²) in [7, 11) is 1.14. The Kier molecular flexibility index (Phi) is 6.17. The first-order valence-corrected chi connectivity index (χ1v) is 8.93. The van der Waals surface area contributed by atoms with Crippen LogP contribution in [-0.4, -0.2) is 59.7 Å². The van der Waals surface area contributed by atoms with E-state index >= 15 is 0 Å². The van der Waals surface area contributed by atoms with Gasteiger partial charge in [0.05, 0.1) is 20.0 Å². The Labute approximate surface area is 169 Å². The van der Waals surface area contributed by atoms with Crippen molar-refractivity contribution in [3.63, 3.8) is 0 Å². The maximum Gasteiger partial charge on any atom is 0.341 e. The van der Waals surface area contributed by atoms with E-state index < -0.39 is 59.9 Å². The van der Waals surface area contributed by atoms with E-state index in [1.165, 1.54) is 10.8 Å². The van der Waals surface area contributed by atoms with Crippen LogP contribution in [0.1, 0.15) is 24.6 Å². The van der Waals surface area contributed by atoms with Gasteiger partial charge in [-0.2, -0.15) is 0 Å². The molecule has 162 valence electrons. The molecule has 3 unspecified atom stereocenters. The minimum absolute atomic E-state index is 0.202. The maximum absolute atomic E-state index is 12.2. The van der Waals surface area contributed by atoms with Gasteiger partial charge in [0.2, 0.25) is 0 Å². The van der Waals surface area contributed by atoms with E-state index in [2.05, 4.69) is 9.72 Å². The van der Waals surface area contributed by atoms with Crippen LogP contribution in [0.2, 0.25) is 0 Å². The number of methoxy groups -OCH3 is 1. The quantitative estimate of drug-likeness (QED) is 0.330. The molecule has 0 aliphatic carbocycles. The summed E-state index contributed by atoms with van der Waals surface area (Å²) in [5, 5.41) is 0. The van der Waals surface area contributed by atoms with Gasteiger partial charge in [0.25, 0.3) is 5.56 Å². The molecule has 0 aromatic carbocycles. The number of H-pyrrole nitrogens is 1. The topological polar surface area (TPSA) is 152 Å². The van der Waals surface area contributed by atoms with Crippen LogP contribution in [0, 0.1) is 6.92 Å². The van der Waals surface area contributed by atoms with Crippen molar-refractivity contribution in [1.29, 1.82) is 0 Å². The highest BCUT2D eigenvalue weighted by atomic mass is 16.7. The number of ether oxygens (including phenoxy) is 5. The zero-order valence-corrected chi connectivity index (χ0v) is 16.2. The van der Waals surface area contributed by atoms with Crippen molar-refractivity contribution in [2.75, 3.05) is 20.5 Å². The molecule has 0 saturated carbocycles. The van der Waals surface area contributed by atoms with Crippen LogP contribution in [0.4, 0.5) is 0 Å². The molecule has 3 atom stereocenters. The van der Waals surface area contributed by atoms with E-state index in [-0.39, 0.29) is 13.4 Å². The van der Waals surface area contributed by atoms with E-state index in [4.69, 9.17) is 18.9 Å². The molecule has 1 saturated heterocycles. The largest absolute Gasteiger partial charge is 0.469 e. The molecule has 1 aromatic rings. The van der Waals surface area contributed by atoms with Gasteiger partial charge < -0.3 is 23.7 Å². The van der Waals surface area contributed by atoms with Crippen LogP contribution in [-0.2, 0) is 38.1 Å². The summed E-state index contributed by atoms with van der Waals surface area (Å²) in [6.07, 6.45) is 2.06. The third-order valence-electron chi connectivity index (χ3n) is 4.62. The van der Waals surface area contributed by atoms with Gasteiger partial charge in [-0.1, -0.05) is 6.08 Å². The second kappa shape index (κ2) is 8.63. The molecule has 12 heteroatoms. The average molecular weight is 424 g/mol. The number of carbonyl (C=O) groups excluding carboxylic acids is 3. The zero-order chi connectivity index (χ0) is 21.9. The van der Waals surface area contributed by atoms with Crippen LogP contribution < -0.4 is 11.2 Å². The molecule has 0 spiro atoms. The molecule has 2 aliphatic rings. The number of esters is 3. The highest BCUT2D eigenvalue weighted by Crippen LogP contribution is 2.29. The van der Waals surface area contributed by atoms with Gasteiger partial charge in [0.15, 0.2) is 18.6 Å². The Bertz CT molecular complexity index is 993. The zero-order valence-electron chi connectivity index (χ0n) is 16.2. The summed E-state index contributed by atoms with van der Waals surface area (Å²) < 4.78 is 26.4. The number of nitrogens with one attached hydrogen (secondary N) is 1. The fourth-order valence-electron chi connectivity index (χ4n) is 2.98. The van der Waals surface area contributed by atoms with Crippen molar-refractivity contribution < 1.29 is 38.1 Å². The molecule has 0 amide bonds. The van der Waals surface area contributed by atoms with Crippen molar-refractivity contribution in [1.82, 2.24) is 9.55 Å². The molecule has 3 rings (SSSR count). The number of rotatable bonds is 7. The number of carbonyl (C=O) groups is 3. The third kappa shape index (κ3) is 4.49. The summed E-state index contributed by atoms with van der Waals surface area (Å²) >= 11 is 0. The smallest absolute Gasteiger partial charge is 0.341 e. The lowest BCUT2D eigenvalue weighted by molar-refractivity contribution is -0.163. The number of nitrogens with zero attached hydrogens (tertiary/aromatic N) is 1. The first-order chi connectivity index (χ1) is 14.2. The fraction of sp³-hybridized carbons (Fsp3) is 0.500. The molecule has 1 N–H and O–H groups in total. The molecule has 30 heavy (non-hydrogen) atoms. The van der Waals surface area contributed by atoms with Crippen LogP contribution in [0.5, 0.6) is 0 Å². The van der Waals surface area contributed by atoms with Crippen molar-refractivity contribution >= 4 is 17.9 Å². The maximum atomic E-state index is 12.2. The van der Waals surface area contributed by atoms with Gasteiger partial charge in [-0.3, -0.25) is 23.9 Å². The summed E-state index contributed by atoms with van der Waals surface area (Å²) in [5.41, 5.74) is -2.59. The van der Waals surface area contributed by atoms with Gasteiger partial charge in [-0.15, -0.1) is 0 Å². The Morgan fingerprint density at radius 3 is 2.63 bits per heavy atom. The number of hydrogen-bond acceptors (Lipinski definition) is 10.